The minimum absolute atomic E-state index is 0.211. The number of rotatable bonds is 4. The summed E-state index contributed by atoms with van der Waals surface area (Å²) in [5.41, 5.74) is 0.677. The summed E-state index contributed by atoms with van der Waals surface area (Å²) in [4.78, 5) is 14.5. The van der Waals surface area contributed by atoms with Crippen LogP contribution in [0.4, 0.5) is 0 Å². The first kappa shape index (κ1) is 17.5. The van der Waals surface area contributed by atoms with Crippen LogP contribution >= 0.6 is 79.5 Å². The summed E-state index contributed by atoms with van der Waals surface area (Å²) in [5, 5.41) is 0. The van der Waals surface area contributed by atoms with Gasteiger partial charge in [-0.3, -0.25) is 4.90 Å². The molecular formula is C13H14I3NO2S. The van der Waals surface area contributed by atoms with E-state index in [9.17, 15) is 4.79 Å². The molecule has 0 radical (unpaired) electrons. The average molecular weight is 629 g/mol. The summed E-state index contributed by atoms with van der Waals surface area (Å²) in [5.74, 6) is 2.15. The van der Waals surface area contributed by atoms with Gasteiger partial charge in [0.05, 0.1) is 5.56 Å². The number of carbonyl (C=O) groups is 1. The number of nitrogens with zero attached hydrogens (tertiary/aromatic N) is 1. The monoisotopic (exact) mass is 629 g/mol. The fourth-order valence-electron chi connectivity index (χ4n) is 1.87. The van der Waals surface area contributed by atoms with Gasteiger partial charge in [0.25, 0.3) is 0 Å². The molecular weight excluding hydrogens is 615 g/mol. The molecule has 110 valence electrons. The number of hydrogen-bond donors (Lipinski definition) is 0. The van der Waals surface area contributed by atoms with Crippen LogP contribution < -0.4 is 0 Å². The summed E-state index contributed by atoms with van der Waals surface area (Å²) in [7, 11) is 0. The number of ether oxygens (including phenoxy) is 1. The molecule has 0 atom stereocenters. The Kier molecular flexibility index (Phi) is 7.65. The number of hydrogen-bond acceptors (Lipinski definition) is 4. The standard InChI is InChI=1S/C13H14I3NO2S/c14-9-7-10(12(16)11(15)8-9)13(18)19-4-1-17-2-5-20-6-3-17/h7-8H,1-6H2. The van der Waals surface area contributed by atoms with E-state index in [4.69, 9.17) is 4.74 Å². The molecule has 7 heteroatoms. The summed E-state index contributed by atoms with van der Waals surface area (Å²) < 4.78 is 8.55. The van der Waals surface area contributed by atoms with Crippen LogP contribution in [0.1, 0.15) is 10.4 Å². The first-order valence-electron chi connectivity index (χ1n) is 6.19. The first-order chi connectivity index (χ1) is 9.58. The molecule has 0 aliphatic carbocycles. The van der Waals surface area contributed by atoms with Crippen LogP contribution in [0.25, 0.3) is 0 Å². The maximum absolute atomic E-state index is 12.2. The van der Waals surface area contributed by atoms with E-state index in [0.29, 0.717) is 12.2 Å². The lowest BCUT2D eigenvalue weighted by Crippen LogP contribution is -2.35. The maximum Gasteiger partial charge on any atom is 0.339 e. The topological polar surface area (TPSA) is 29.5 Å². The van der Waals surface area contributed by atoms with Gasteiger partial charge in [0.15, 0.2) is 0 Å². The van der Waals surface area contributed by atoms with E-state index >= 15 is 0 Å². The Morgan fingerprint density at radius 1 is 1.25 bits per heavy atom. The number of esters is 1. The van der Waals surface area contributed by atoms with Crippen molar-refractivity contribution in [2.24, 2.45) is 0 Å². The molecule has 0 aromatic heterocycles. The van der Waals surface area contributed by atoms with Crippen molar-refractivity contribution in [2.75, 3.05) is 37.7 Å². The highest BCUT2D eigenvalue weighted by Crippen LogP contribution is 2.23. The third-order valence-corrected chi connectivity index (χ3v) is 7.57. The SMILES string of the molecule is O=C(OCCN1CCSCC1)c1cc(I)cc(I)c1I. The van der Waals surface area contributed by atoms with Crippen LogP contribution in [0, 0.1) is 10.7 Å². The molecule has 0 bridgehead atoms. The third-order valence-electron chi connectivity index (χ3n) is 2.96. The number of thioether (sulfide) groups is 1. The van der Waals surface area contributed by atoms with Crippen LogP contribution in [0.3, 0.4) is 0 Å². The molecule has 2 rings (SSSR count). The highest BCUT2D eigenvalue weighted by molar-refractivity contribution is 14.1. The summed E-state index contributed by atoms with van der Waals surface area (Å²) in [6, 6.07) is 3.95. The third kappa shape index (κ3) is 5.13. The van der Waals surface area contributed by atoms with Crippen molar-refractivity contribution >= 4 is 85.5 Å². The molecule has 1 aliphatic rings. The normalized spacial score (nSPS) is 16.1. The Morgan fingerprint density at radius 2 is 1.95 bits per heavy atom. The first-order valence-corrected chi connectivity index (χ1v) is 10.6. The molecule has 1 fully saturated rings. The van der Waals surface area contributed by atoms with Crippen LogP contribution in [-0.4, -0.2) is 48.6 Å². The van der Waals surface area contributed by atoms with Crippen molar-refractivity contribution in [2.45, 2.75) is 0 Å². The van der Waals surface area contributed by atoms with Gasteiger partial charge in [-0.15, -0.1) is 0 Å². The Bertz CT molecular complexity index is 493. The average Bonchev–Trinajstić information content (AvgIpc) is 2.44. The van der Waals surface area contributed by atoms with Gasteiger partial charge >= 0.3 is 5.97 Å². The van der Waals surface area contributed by atoms with Gasteiger partial charge in [-0.05, 0) is 79.9 Å². The van der Waals surface area contributed by atoms with Gasteiger partial charge in [0.1, 0.15) is 6.61 Å². The molecule has 3 nitrogen and oxygen atoms in total. The summed E-state index contributed by atoms with van der Waals surface area (Å²) in [6.45, 7) is 3.51. The second-order valence-electron chi connectivity index (χ2n) is 4.34. The van der Waals surface area contributed by atoms with Crippen LogP contribution in [0.2, 0.25) is 0 Å². The molecule has 0 N–H and O–H groups in total. The molecule has 1 aromatic rings. The van der Waals surface area contributed by atoms with Crippen molar-refractivity contribution < 1.29 is 9.53 Å². The molecule has 20 heavy (non-hydrogen) atoms. The molecule has 0 saturated carbocycles. The van der Waals surface area contributed by atoms with E-state index in [-0.39, 0.29) is 5.97 Å². The second kappa shape index (κ2) is 8.73. The lowest BCUT2D eigenvalue weighted by Gasteiger charge is -2.25. The maximum atomic E-state index is 12.2. The number of carbonyl (C=O) groups excluding carboxylic acids is 1. The zero-order chi connectivity index (χ0) is 14.5. The zero-order valence-electron chi connectivity index (χ0n) is 10.7. The Balaban J connectivity index is 1.88. The quantitative estimate of drug-likeness (QED) is 0.289. The Labute approximate surface area is 164 Å². The number of halogens is 3. The van der Waals surface area contributed by atoms with Crippen LogP contribution in [0.5, 0.6) is 0 Å². The van der Waals surface area contributed by atoms with E-state index in [1.165, 1.54) is 11.5 Å². The van der Waals surface area contributed by atoms with Crippen LogP contribution in [-0.2, 0) is 4.74 Å². The highest BCUT2D eigenvalue weighted by Gasteiger charge is 2.16. The van der Waals surface area contributed by atoms with Gasteiger partial charge in [-0.25, -0.2) is 4.79 Å². The van der Waals surface area contributed by atoms with Gasteiger partial charge in [-0.1, -0.05) is 0 Å². The summed E-state index contributed by atoms with van der Waals surface area (Å²) in [6.07, 6.45) is 0. The predicted molar refractivity (Wildman–Crippen MR) is 109 cm³/mol. The minimum atomic E-state index is -0.211. The van der Waals surface area contributed by atoms with E-state index in [1.54, 1.807) is 0 Å². The smallest absolute Gasteiger partial charge is 0.339 e. The fraction of sp³-hybridized carbons (Fsp3) is 0.462. The molecule has 1 aromatic carbocycles. The predicted octanol–water partition coefficient (Wildman–Crippen LogP) is 3.71. The largest absolute Gasteiger partial charge is 0.461 e. The van der Waals surface area contributed by atoms with E-state index in [1.807, 2.05) is 17.8 Å². The molecule has 1 saturated heterocycles. The Hall–Kier alpha value is 1.19. The molecule has 1 aliphatic heterocycles. The molecule has 0 amide bonds. The van der Waals surface area contributed by atoms with Crippen LogP contribution in [0.15, 0.2) is 12.1 Å². The lowest BCUT2D eigenvalue weighted by atomic mass is 10.2. The van der Waals surface area contributed by atoms with Crippen molar-refractivity contribution in [3.63, 3.8) is 0 Å². The van der Waals surface area contributed by atoms with E-state index in [0.717, 1.165) is 30.3 Å². The molecule has 0 spiro atoms. The van der Waals surface area contributed by atoms with E-state index in [2.05, 4.69) is 78.7 Å². The lowest BCUT2D eigenvalue weighted by molar-refractivity contribution is 0.0465. The Morgan fingerprint density at radius 3 is 2.65 bits per heavy atom. The van der Waals surface area contributed by atoms with Gasteiger partial charge in [0, 0.05) is 41.9 Å². The minimum Gasteiger partial charge on any atom is -0.461 e. The zero-order valence-corrected chi connectivity index (χ0v) is 18.0. The van der Waals surface area contributed by atoms with Gasteiger partial charge < -0.3 is 4.74 Å². The summed E-state index contributed by atoms with van der Waals surface area (Å²) >= 11 is 8.67. The van der Waals surface area contributed by atoms with E-state index < -0.39 is 0 Å². The fourth-order valence-corrected chi connectivity index (χ4v) is 5.23. The van der Waals surface area contributed by atoms with Gasteiger partial charge in [-0.2, -0.15) is 11.8 Å². The number of benzene rings is 1. The van der Waals surface area contributed by atoms with Crippen molar-refractivity contribution in [3.05, 3.63) is 28.4 Å². The van der Waals surface area contributed by atoms with Crippen molar-refractivity contribution in [1.82, 2.24) is 4.90 Å². The molecule has 0 unspecified atom stereocenters. The second-order valence-corrected chi connectivity index (χ2v) is 9.05. The molecule has 1 heterocycles. The highest BCUT2D eigenvalue weighted by atomic mass is 127. The van der Waals surface area contributed by atoms with Gasteiger partial charge in [0.2, 0.25) is 0 Å². The van der Waals surface area contributed by atoms with Crippen molar-refractivity contribution in [1.29, 1.82) is 0 Å². The van der Waals surface area contributed by atoms with Crippen molar-refractivity contribution in [3.8, 4) is 0 Å².